The van der Waals surface area contributed by atoms with Gasteiger partial charge in [-0.15, -0.1) is 0 Å². The predicted molar refractivity (Wildman–Crippen MR) is 78.9 cm³/mol. The van der Waals surface area contributed by atoms with E-state index in [0.29, 0.717) is 10.2 Å². The predicted octanol–water partition coefficient (Wildman–Crippen LogP) is 3.91. The molecule has 5 heteroatoms. The van der Waals surface area contributed by atoms with Crippen LogP contribution in [-0.4, -0.2) is 13.1 Å². The molecule has 0 saturated carbocycles. The molecule has 0 spiro atoms. The molecule has 0 saturated heterocycles. The van der Waals surface area contributed by atoms with Crippen LogP contribution in [0.4, 0.5) is 10.1 Å². The lowest BCUT2D eigenvalue weighted by molar-refractivity contribution is -0.141. The molecule has 1 N–H and O–H groups in total. The summed E-state index contributed by atoms with van der Waals surface area (Å²) in [6.07, 6.45) is 0. The highest BCUT2D eigenvalue weighted by atomic mass is 79.9. The van der Waals surface area contributed by atoms with E-state index in [-0.39, 0.29) is 5.56 Å². The van der Waals surface area contributed by atoms with Crippen molar-refractivity contribution in [3.8, 4) is 0 Å². The van der Waals surface area contributed by atoms with Crippen LogP contribution in [-0.2, 0) is 9.53 Å². The van der Waals surface area contributed by atoms with Crippen LogP contribution in [0.15, 0.2) is 53.0 Å². The highest BCUT2D eigenvalue weighted by Crippen LogP contribution is 2.25. The van der Waals surface area contributed by atoms with Crippen molar-refractivity contribution >= 4 is 27.6 Å². The second kappa shape index (κ2) is 6.52. The maximum atomic E-state index is 14.0. The number of para-hydroxylation sites is 1. The van der Waals surface area contributed by atoms with Crippen molar-refractivity contribution < 1.29 is 13.9 Å². The molecule has 0 aliphatic heterocycles. The lowest BCUT2D eigenvalue weighted by atomic mass is 10.1. The van der Waals surface area contributed by atoms with E-state index in [2.05, 4.69) is 21.2 Å². The fraction of sp³-hybridized carbons (Fsp3) is 0.133. The lowest BCUT2D eigenvalue weighted by Crippen LogP contribution is -2.23. The minimum atomic E-state index is -0.893. The number of ether oxygens (including phenoxy) is 1. The third-order valence-corrected chi connectivity index (χ3v) is 3.29. The third-order valence-electron chi connectivity index (χ3n) is 2.80. The molecular weight excluding hydrogens is 325 g/mol. The first-order chi connectivity index (χ1) is 9.61. The molecule has 0 aromatic heterocycles. The monoisotopic (exact) mass is 337 g/mol. The summed E-state index contributed by atoms with van der Waals surface area (Å²) >= 11 is 3.19. The number of carbonyl (C=O) groups excluding carboxylic acids is 1. The summed E-state index contributed by atoms with van der Waals surface area (Å²) in [7, 11) is 1.28. The van der Waals surface area contributed by atoms with Crippen molar-refractivity contribution in [3.05, 3.63) is 64.4 Å². The van der Waals surface area contributed by atoms with E-state index in [1.165, 1.54) is 13.2 Å². The van der Waals surface area contributed by atoms with Crippen molar-refractivity contribution in [1.82, 2.24) is 0 Å². The largest absolute Gasteiger partial charge is 0.467 e. The van der Waals surface area contributed by atoms with Gasteiger partial charge in [0.15, 0.2) is 6.04 Å². The number of rotatable bonds is 4. The molecule has 1 atom stereocenters. The Morgan fingerprint density at radius 3 is 2.55 bits per heavy atom. The minimum Gasteiger partial charge on any atom is -0.467 e. The van der Waals surface area contributed by atoms with E-state index < -0.39 is 17.8 Å². The lowest BCUT2D eigenvalue weighted by Gasteiger charge is -2.18. The second-order valence-corrected chi connectivity index (χ2v) is 5.05. The van der Waals surface area contributed by atoms with Crippen molar-refractivity contribution in [2.24, 2.45) is 0 Å². The molecule has 0 amide bonds. The van der Waals surface area contributed by atoms with Crippen LogP contribution >= 0.6 is 15.9 Å². The molecule has 20 heavy (non-hydrogen) atoms. The molecule has 0 bridgehead atoms. The molecule has 0 fully saturated rings. The SMILES string of the molecule is COC(=O)C(Nc1ccccc1)c1ccc(Br)cc1F. The van der Waals surface area contributed by atoms with Gasteiger partial charge < -0.3 is 10.1 Å². The fourth-order valence-electron chi connectivity index (χ4n) is 1.82. The van der Waals surface area contributed by atoms with Crippen molar-refractivity contribution in [1.29, 1.82) is 0 Å². The zero-order valence-electron chi connectivity index (χ0n) is 10.8. The van der Waals surface area contributed by atoms with E-state index in [1.54, 1.807) is 24.3 Å². The van der Waals surface area contributed by atoms with Crippen molar-refractivity contribution in [3.63, 3.8) is 0 Å². The number of methoxy groups -OCH3 is 1. The third kappa shape index (κ3) is 3.36. The van der Waals surface area contributed by atoms with Gasteiger partial charge in [-0.3, -0.25) is 0 Å². The van der Waals surface area contributed by atoms with Crippen LogP contribution < -0.4 is 5.32 Å². The molecule has 2 rings (SSSR count). The van der Waals surface area contributed by atoms with Gasteiger partial charge in [-0.25, -0.2) is 9.18 Å². The molecule has 0 heterocycles. The highest BCUT2D eigenvalue weighted by Gasteiger charge is 2.24. The molecule has 0 aliphatic rings. The Morgan fingerprint density at radius 2 is 1.95 bits per heavy atom. The second-order valence-electron chi connectivity index (χ2n) is 4.13. The summed E-state index contributed by atoms with van der Waals surface area (Å²) in [4.78, 5) is 11.9. The van der Waals surface area contributed by atoms with E-state index in [0.717, 1.165) is 0 Å². The normalized spacial score (nSPS) is 11.8. The molecule has 1 unspecified atom stereocenters. The molecule has 104 valence electrons. The molecule has 2 aromatic rings. The Kier molecular flexibility index (Phi) is 4.74. The first kappa shape index (κ1) is 14.5. The molecule has 2 aromatic carbocycles. The van der Waals surface area contributed by atoms with E-state index in [9.17, 15) is 9.18 Å². The van der Waals surface area contributed by atoms with Crippen molar-refractivity contribution in [2.45, 2.75) is 6.04 Å². The van der Waals surface area contributed by atoms with Crippen LogP contribution in [0.5, 0.6) is 0 Å². The molecule has 0 radical (unpaired) electrons. The summed E-state index contributed by atoms with van der Waals surface area (Å²) < 4.78 is 19.4. The Balaban J connectivity index is 2.35. The number of benzene rings is 2. The average Bonchev–Trinajstić information content (AvgIpc) is 2.46. The minimum absolute atomic E-state index is 0.240. The number of esters is 1. The molecular formula is C15H13BrFNO2. The van der Waals surface area contributed by atoms with Gasteiger partial charge in [0.1, 0.15) is 5.82 Å². The number of hydrogen-bond acceptors (Lipinski definition) is 3. The standard InChI is InChI=1S/C15H13BrFNO2/c1-20-15(19)14(18-11-5-3-2-4-6-11)12-8-7-10(16)9-13(12)17/h2-9,14,18H,1H3. The van der Waals surface area contributed by atoms with Crippen LogP contribution in [0.2, 0.25) is 0 Å². The van der Waals surface area contributed by atoms with Crippen LogP contribution in [0.3, 0.4) is 0 Å². The average molecular weight is 338 g/mol. The first-order valence-corrected chi connectivity index (χ1v) is 6.75. The Hall–Kier alpha value is -1.88. The summed E-state index contributed by atoms with van der Waals surface area (Å²) in [5.41, 5.74) is 0.953. The highest BCUT2D eigenvalue weighted by molar-refractivity contribution is 9.10. The van der Waals surface area contributed by atoms with Gasteiger partial charge in [0.2, 0.25) is 0 Å². The number of halogens is 2. The van der Waals surface area contributed by atoms with Gasteiger partial charge in [0.05, 0.1) is 7.11 Å². The van der Waals surface area contributed by atoms with E-state index >= 15 is 0 Å². The number of nitrogens with one attached hydrogen (secondary N) is 1. The Labute approximate surface area is 124 Å². The van der Waals surface area contributed by atoms with Gasteiger partial charge >= 0.3 is 5.97 Å². The molecule has 3 nitrogen and oxygen atoms in total. The topological polar surface area (TPSA) is 38.3 Å². The zero-order valence-corrected chi connectivity index (χ0v) is 12.4. The van der Waals surface area contributed by atoms with E-state index in [4.69, 9.17) is 4.74 Å². The number of carbonyl (C=O) groups is 1. The Morgan fingerprint density at radius 1 is 1.25 bits per heavy atom. The van der Waals surface area contributed by atoms with Gasteiger partial charge in [0, 0.05) is 15.7 Å². The maximum absolute atomic E-state index is 14.0. The maximum Gasteiger partial charge on any atom is 0.333 e. The smallest absolute Gasteiger partial charge is 0.333 e. The van der Waals surface area contributed by atoms with Crippen LogP contribution in [0.25, 0.3) is 0 Å². The van der Waals surface area contributed by atoms with Crippen LogP contribution in [0.1, 0.15) is 11.6 Å². The zero-order chi connectivity index (χ0) is 14.5. The molecule has 0 aliphatic carbocycles. The van der Waals surface area contributed by atoms with Gasteiger partial charge in [-0.2, -0.15) is 0 Å². The Bertz CT molecular complexity index is 604. The van der Waals surface area contributed by atoms with Gasteiger partial charge in [0.25, 0.3) is 0 Å². The fourth-order valence-corrected chi connectivity index (χ4v) is 2.15. The quantitative estimate of drug-likeness (QED) is 0.859. The number of hydrogen-bond donors (Lipinski definition) is 1. The number of anilines is 1. The summed E-state index contributed by atoms with van der Waals surface area (Å²) in [5.74, 6) is -1.02. The summed E-state index contributed by atoms with van der Waals surface area (Å²) in [6, 6.07) is 12.8. The van der Waals surface area contributed by atoms with Gasteiger partial charge in [-0.1, -0.05) is 40.2 Å². The summed E-state index contributed by atoms with van der Waals surface area (Å²) in [6.45, 7) is 0. The summed E-state index contributed by atoms with van der Waals surface area (Å²) in [5, 5.41) is 2.98. The van der Waals surface area contributed by atoms with E-state index in [1.807, 2.05) is 18.2 Å². The van der Waals surface area contributed by atoms with Gasteiger partial charge in [-0.05, 0) is 24.3 Å². The van der Waals surface area contributed by atoms with Crippen molar-refractivity contribution in [2.75, 3.05) is 12.4 Å². The first-order valence-electron chi connectivity index (χ1n) is 5.96. The van der Waals surface area contributed by atoms with Crippen LogP contribution in [0, 0.1) is 5.82 Å².